The number of carbonyl (C=O) groups is 1. The van der Waals surface area contributed by atoms with Crippen LogP contribution in [-0.4, -0.2) is 26.6 Å². The standard InChI is InChI=1S/C17H16O4S/c1-12-6-8-14(9-7-12)22(19,20)11-13-10-21-16-5-3-2-4-15(16)17(13)18/h2-9,13H,10-11H2,1H3. The zero-order valence-electron chi connectivity index (χ0n) is 12.2. The molecule has 1 aliphatic rings. The Hall–Kier alpha value is -2.14. The van der Waals surface area contributed by atoms with Crippen LogP contribution < -0.4 is 4.74 Å². The van der Waals surface area contributed by atoms with E-state index in [4.69, 9.17) is 4.74 Å². The van der Waals surface area contributed by atoms with E-state index < -0.39 is 15.8 Å². The predicted molar refractivity (Wildman–Crippen MR) is 83.0 cm³/mol. The summed E-state index contributed by atoms with van der Waals surface area (Å²) in [7, 11) is -3.51. The number of aryl methyl sites for hydroxylation is 1. The lowest BCUT2D eigenvalue weighted by molar-refractivity contribution is 0.0851. The van der Waals surface area contributed by atoms with E-state index >= 15 is 0 Å². The Morgan fingerprint density at radius 1 is 1.09 bits per heavy atom. The van der Waals surface area contributed by atoms with Crippen LogP contribution in [0.25, 0.3) is 0 Å². The minimum absolute atomic E-state index is 0.0982. The smallest absolute Gasteiger partial charge is 0.179 e. The highest BCUT2D eigenvalue weighted by Gasteiger charge is 2.33. The molecule has 1 aliphatic heterocycles. The van der Waals surface area contributed by atoms with Gasteiger partial charge in [0.25, 0.3) is 0 Å². The summed E-state index contributed by atoms with van der Waals surface area (Å²) in [6.07, 6.45) is 0. The quantitative estimate of drug-likeness (QED) is 0.873. The fourth-order valence-corrected chi connectivity index (χ4v) is 4.03. The van der Waals surface area contributed by atoms with Crippen LogP contribution in [0.5, 0.6) is 5.75 Å². The molecule has 0 bridgehead atoms. The molecule has 2 aromatic carbocycles. The van der Waals surface area contributed by atoms with Crippen LogP contribution in [-0.2, 0) is 9.84 Å². The zero-order valence-corrected chi connectivity index (χ0v) is 13.0. The molecular weight excluding hydrogens is 300 g/mol. The number of hydrogen-bond donors (Lipinski definition) is 0. The van der Waals surface area contributed by atoms with Crippen LogP contribution >= 0.6 is 0 Å². The summed E-state index contributed by atoms with van der Waals surface area (Å²) in [6.45, 7) is 1.99. The van der Waals surface area contributed by atoms with Gasteiger partial charge in [-0.3, -0.25) is 4.79 Å². The van der Waals surface area contributed by atoms with Crippen molar-refractivity contribution >= 4 is 15.6 Å². The minimum Gasteiger partial charge on any atom is -0.492 e. The van der Waals surface area contributed by atoms with Gasteiger partial charge in [0.2, 0.25) is 0 Å². The van der Waals surface area contributed by atoms with Crippen LogP contribution in [0.15, 0.2) is 53.4 Å². The molecule has 0 saturated carbocycles. The fourth-order valence-electron chi connectivity index (χ4n) is 2.51. The molecule has 0 saturated heterocycles. The average Bonchev–Trinajstić information content (AvgIpc) is 2.51. The molecule has 0 radical (unpaired) electrons. The van der Waals surface area contributed by atoms with Gasteiger partial charge in [-0.1, -0.05) is 29.8 Å². The summed E-state index contributed by atoms with van der Waals surface area (Å²) < 4.78 is 30.4. The van der Waals surface area contributed by atoms with Crippen molar-refractivity contribution in [3.05, 3.63) is 59.7 Å². The molecule has 0 aromatic heterocycles. The van der Waals surface area contributed by atoms with E-state index in [1.54, 1.807) is 48.5 Å². The van der Waals surface area contributed by atoms with Crippen LogP contribution in [0.3, 0.4) is 0 Å². The van der Waals surface area contributed by atoms with E-state index in [1.807, 2.05) is 6.92 Å². The van der Waals surface area contributed by atoms with Crippen molar-refractivity contribution in [2.24, 2.45) is 5.92 Å². The second kappa shape index (κ2) is 5.57. The second-order valence-corrected chi connectivity index (χ2v) is 7.50. The Kier molecular flexibility index (Phi) is 3.74. The van der Waals surface area contributed by atoms with Gasteiger partial charge in [-0.25, -0.2) is 8.42 Å². The summed E-state index contributed by atoms with van der Waals surface area (Å²) in [5.41, 5.74) is 1.45. The van der Waals surface area contributed by atoms with Crippen molar-refractivity contribution in [3.63, 3.8) is 0 Å². The third kappa shape index (κ3) is 2.76. The Labute approximate surface area is 129 Å². The van der Waals surface area contributed by atoms with Crippen LogP contribution in [0, 0.1) is 12.8 Å². The van der Waals surface area contributed by atoms with Gasteiger partial charge in [-0.05, 0) is 31.2 Å². The number of carbonyl (C=O) groups excluding carboxylic acids is 1. The molecule has 114 valence electrons. The van der Waals surface area contributed by atoms with Gasteiger partial charge in [0.15, 0.2) is 15.6 Å². The number of sulfone groups is 1. The lowest BCUT2D eigenvalue weighted by Crippen LogP contribution is -2.33. The molecule has 1 heterocycles. The molecule has 1 atom stereocenters. The number of ketones is 1. The first-order chi connectivity index (χ1) is 10.5. The highest BCUT2D eigenvalue weighted by molar-refractivity contribution is 7.91. The molecule has 0 aliphatic carbocycles. The van der Waals surface area contributed by atoms with Crippen molar-refractivity contribution in [2.45, 2.75) is 11.8 Å². The van der Waals surface area contributed by atoms with Gasteiger partial charge in [0.05, 0.1) is 28.7 Å². The third-order valence-corrected chi connectivity index (χ3v) is 5.60. The molecule has 2 aromatic rings. The van der Waals surface area contributed by atoms with Crippen LogP contribution in [0.1, 0.15) is 15.9 Å². The number of ether oxygens (including phenoxy) is 1. The third-order valence-electron chi connectivity index (χ3n) is 3.76. The van der Waals surface area contributed by atoms with E-state index in [2.05, 4.69) is 0 Å². The first-order valence-corrected chi connectivity index (χ1v) is 8.68. The van der Waals surface area contributed by atoms with Gasteiger partial charge in [0.1, 0.15) is 5.75 Å². The number of Topliss-reactive ketones (excluding diaryl/α,β-unsaturated/α-hetero) is 1. The molecule has 22 heavy (non-hydrogen) atoms. The Bertz CT molecular complexity index is 807. The maximum Gasteiger partial charge on any atom is 0.179 e. The van der Waals surface area contributed by atoms with Crippen molar-refractivity contribution in [3.8, 4) is 5.75 Å². The molecule has 4 nitrogen and oxygen atoms in total. The van der Waals surface area contributed by atoms with E-state index in [0.29, 0.717) is 11.3 Å². The van der Waals surface area contributed by atoms with Crippen LogP contribution in [0.2, 0.25) is 0 Å². The van der Waals surface area contributed by atoms with E-state index in [9.17, 15) is 13.2 Å². The van der Waals surface area contributed by atoms with Crippen molar-refractivity contribution in [1.29, 1.82) is 0 Å². The van der Waals surface area contributed by atoms with Gasteiger partial charge in [-0.2, -0.15) is 0 Å². The number of rotatable bonds is 3. The topological polar surface area (TPSA) is 60.4 Å². The highest BCUT2D eigenvalue weighted by Crippen LogP contribution is 2.28. The van der Waals surface area contributed by atoms with Gasteiger partial charge >= 0.3 is 0 Å². The lowest BCUT2D eigenvalue weighted by Gasteiger charge is -2.23. The lowest BCUT2D eigenvalue weighted by atomic mass is 9.97. The molecule has 1 unspecified atom stereocenters. The monoisotopic (exact) mass is 316 g/mol. The Morgan fingerprint density at radius 2 is 1.77 bits per heavy atom. The molecule has 0 amide bonds. The minimum atomic E-state index is -3.51. The SMILES string of the molecule is Cc1ccc(S(=O)(=O)CC2COc3ccccc3C2=O)cc1. The predicted octanol–water partition coefficient (Wildman–Crippen LogP) is 2.66. The largest absolute Gasteiger partial charge is 0.492 e. The van der Waals surface area contributed by atoms with Crippen LogP contribution in [0.4, 0.5) is 0 Å². The van der Waals surface area contributed by atoms with E-state index in [1.165, 1.54) is 0 Å². The van der Waals surface area contributed by atoms with Crippen molar-refractivity contribution in [1.82, 2.24) is 0 Å². The molecular formula is C17H16O4S. The molecule has 0 N–H and O–H groups in total. The number of para-hydroxylation sites is 1. The van der Waals surface area contributed by atoms with Gasteiger partial charge in [-0.15, -0.1) is 0 Å². The van der Waals surface area contributed by atoms with Crippen molar-refractivity contribution in [2.75, 3.05) is 12.4 Å². The summed E-state index contributed by atoms with van der Waals surface area (Å²) in [5, 5.41) is 0. The summed E-state index contributed by atoms with van der Waals surface area (Å²) >= 11 is 0. The molecule has 5 heteroatoms. The highest BCUT2D eigenvalue weighted by atomic mass is 32.2. The normalized spacial score (nSPS) is 17.7. The summed E-state index contributed by atoms with van der Waals surface area (Å²) in [5.74, 6) is -0.543. The van der Waals surface area contributed by atoms with E-state index in [-0.39, 0.29) is 23.0 Å². The molecule has 3 rings (SSSR count). The maximum atomic E-state index is 12.5. The first-order valence-electron chi connectivity index (χ1n) is 7.03. The molecule has 0 fully saturated rings. The van der Waals surface area contributed by atoms with Gasteiger partial charge < -0.3 is 4.74 Å². The summed E-state index contributed by atoms with van der Waals surface area (Å²) in [4.78, 5) is 12.7. The maximum absolute atomic E-state index is 12.5. The first kappa shape index (κ1) is 14.8. The van der Waals surface area contributed by atoms with E-state index in [0.717, 1.165) is 5.56 Å². The van der Waals surface area contributed by atoms with Crippen molar-refractivity contribution < 1.29 is 17.9 Å². The number of benzene rings is 2. The zero-order chi connectivity index (χ0) is 15.7. The average molecular weight is 316 g/mol. The second-order valence-electron chi connectivity index (χ2n) is 5.46. The number of fused-ring (bicyclic) bond motifs is 1. The Balaban J connectivity index is 1.85. The summed E-state index contributed by atoms with van der Waals surface area (Å²) in [6, 6.07) is 13.6. The Morgan fingerprint density at radius 3 is 2.50 bits per heavy atom. The fraction of sp³-hybridized carbons (Fsp3) is 0.235. The molecule has 0 spiro atoms. The number of hydrogen-bond acceptors (Lipinski definition) is 4. The van der Waals surface area contributed by atoms with Gasteiger partial charge in [0, 0.05) is 0 Å².